The van der Waals surface area contributed by atoms with Crippen LogP contribution in [0.5, 0.6) is 5.75 Å². The molecule has 4 nitrogen and oxygen atoms in total. The third-order valence-electron chi connectivity index (χ3n) is 2.53. The first-order chi connectivity index (χ1) is 7.99. The standard InChI is InChI=1S/C13H19NO3/c1-10(15)7-8-14(2)9-13(17)11-3-5-12(16)6-4-11/h3-6,10,15-16H,7-9H2,1-2H3. The zero-order valence-corrected chi connectivity index (χ0v) is 10.3. The van der Waals surface area contributed by atoms with Crippen LogP contribution in [0.3, 0.4) is 0 Å². The van der Waals surface area contributed by atoms with Gasteiger partial charge in [-0.2, -0.15) is 0 Å². The number of nitrogens with zero attached hydrogens (tertiary/aromatic N) is 1. The molecule has 1 rings (SSSR count). The second-order valence-electron chi connectivity index (χ2n) is 4.35. The monoisotopic (exact) mass is 237 g/mol. The molecule has 0 aliphatic rings. The summed E-state index contributed by atoms with van der Waals surface area (Å²) >= 11 is 0. The first kappa shape index (κ1) is 13.7. The Bertz CT molecular complexity index is 359. The van der Waals surface area contributed by atoms with Crippen LogP contribution in [-0.2, 0) is 0 Å². The van der Waals surface area contributed by atoms with Gasteiger partial charge in [0.25, 0.3) is 0 Å². The number of hydrogen-bond acceptors (Lipinski definition) is 4. The summed E-state index contributed by atoms with van der Waals surface area (Å²) in [6.45, 7) is 2.73. The Morgan fingerprint density at radius 1 is 1.35 bits per heavy atom. The second-order valence-corrected chi connectivity index (χ2v) is 4.35. The van der Waals surface area contributed by atoms with Gasteiger partial charge in [0.2, 0.25) is 0 Å². The highest BCUT2D eigenvalue weighted by atomic mass is 16.3. The van der Waals surface area contributed by atoms with Crippen molar-refractivity contribution in [3.63, 3.8) is 0 Å². The summed E-state index contributed by atoms with van der Waals surface area (Å²) < 4.78 is 0. The minimum atomic E-state index is -0.346. The maximum atomic E-state index is 11.8. The molecule has 0 aliphatic heterocycles. The lowest BCUT2D eigenvalue weighted by Crippen LogP contribution is -2.28. The molecular weight excluding hydrogens is 218 g/mol. The fourth-order valence-electron chi connectivity index (χ4n) is 1.47. The number of aromatic hydroxyl groups is 1. The summed E-state index contributed by atoms with van der Waals surface area (Å²) in [5, 5.41) is 18.3. The van der Waals surface area contributed by atoms with Crippen LogP contribution in [0.15, 0.2) is 24.3 Å². The van der Waals surface area contributed by atoms with Gasteiger partial charge in [-0.15, -0.1) is 0 Å². The van der Waals surface area contributed by atoms with Crippen molar-refractivity contribution < 1.29 is 15.0 Å². The van der Waals surface area contributed by atoms with Crippen LogP contribution in [-0.4, -0.2) is 47.1 Å². The molecule has 0 saturated heterocycles. The maximum absolute atomic E-state index is 11.8. The molecule has 4 heteroatoms. The third-order valence-corrected chi connectivity index (χ3v) is 2.53. The highest BCUT2D eigenvalue weighted by Gasteiger charge is 2.09. The lowest BCUT2D eigenvalue weighted by atomic mass is 10.1. The van der Waals surface area contributed by atoms with Gasteiger partial charge in [-0.25, -0.2) is 0 Å². The highest BCUT2D eigenvalue weighted by Crippen LogP contribution is 2.10. The number of aliphatic hydroxyl groups excluding tert-OH is 1. The predicted molar refractivity (Wildman–Crippen MR) is 66.2 cm³/mol. The summed E-state index contributed by atoms with van der Waals surface area (Å²) in [6, 6.07) is 6.23. The Kier molecular flexibility index (Phi) is 5.12. The van der Waals surface area contributed by atoms with E-state index in [1.54, 1.807) is 19.1 Å². The Balaban J connectivity index is 2.46. The fourth-order valence-corrected chi connectivity index (χ4v) is 1.47. The van der Waals surface area contributed by atoms with Crippen LogP contribution in [0.2, 0.25) is 0 Å². The quantitative estimate of drug-likeness (QED) is 0.732. The smallest absolute Gasteiger partial charge is 0.176 e. The summed E-state index contributed by atoms with van der Waals surface area (Å²) in [6.07, 6.45) is 0.306. The fraction of sp³-hybridized carbons (Fsp3) is 0.462. The van der Waals surface area contributed by atoms with Gasteiger partial charge >= 0.3 is 0 Å². The van der Waals surface area contributed by atoms with Crippen LogP contribution in [0.25, 0.3) is 0 Å². The molecule has 1 atom stereocenters. The molecule has 0 spiro atoms. The molecule has 0 amide bonds. The largest absolute Gasteiger partial charge is 0.508 e. The van der Waals surface area contributed by atoms with Crippen LogP contribution < -0.4 is 0 Å². The number of rotatable bonds is 6. The molecule has 0 fully saturated rings. The summed E-state index contributed by atoms with van der Waals surface area (Å²) in [4.78, 5) is 13.7. The lowest BCUT2D eigenvalue weighted by molar-refractivity contribution is 0.0931. The molecule has 0 aromatic heterocycles. The Morgan fingerprint density at radius 3 is 2.47 bits per heavy atom. The van der Waals surface area contributed by atoms with Crippen molar-refractivity contribution >= 4 is 5.78 Å². The van der Waals surface area contributed by atoms with E-state index in [0.717, 1.165) is 0 Å². The molecule has 17 heavy (non-hydrogen) atoms. The van der Waals surface area contributed by atoms with Crippen molar-refractivity contribution in [1.29, 1.82) is 0 Å². The predicted octanol–water partition coefficient (Wildman–Crippen LogP) is 1.28. The molecule has 2 N–H and O–H groups in total. The van der Waals surface area contributed by atoms with Gasteiger partial charge < -0.3 is 10.2 Å². The van der Waals surface area contributed by atoms with Crippen molar-refractivity contribution in [2.45, 2.75) is 19.4 Å². The van der Waals surface area contributed by atoms with E-state index in [0.29, 0.717) is 25.1 Å². The van der Waals surface area contributed by atoms with Gasteiger partial charge in [0.05, 0.1) is 12.6 Å². The SMILES string of the molecule is CC(O)CCN(C)CC(=O)c1ccc(O)cc1. The molecule has 0 aliphatic carbocycles. The number of carbonyl (C=O) groups is 1. The van der Waals surface area contributed by atoms with E-state index in [1.165, 1.54) is 12.1 Å². The number of likely N-dealkylation sites (N-methyl/N-ethyl adjacent to an activating group) is 1. The molecule has 1 aromatic rings. The average molecular weight is 237 g/mol. The van der Waals surface area contributed by atoms with Gasteiger partial charge in [-0.1, -0.05) is 0 Å². The van der Waals surface area contributed by atoms with Crippen LogP contribution in [0, 0.1) is 0 Å². The molecule has 0 heterocycles. The number of aliphatic hydroxyl groups is 1. The normalized spacial score (nSPS) is 12.7. The lowest BCUT2D eigenvalue weighted by Gasteiger charge is -2.16. The molecule has 0 bridgehead atoms. The van der Waals surface area contributed by atoms with Gasteiger partial charge in [-0.05, 0) is 44.7 Å². The van der Waals surface area contributed by atoms with Gasteiger partial charge in [0, 0.05) is 12.1 Å². The first-order valence-corrected chi connectivity index (χ1v) is 5.68. The van der Waals surface area contributed by atoms with E-state index in [1.807, 2.05) is 11.9 Å². The van der Waals surface area contributed by atoms with Crippen molar-refractivity contribution in [3.8, 4) is 5.75 Å². The van der Waals surface area contributed by atoms with E-state index in [2.05, 4.69) is 0 Å². The second kappa shape index (κ2) is 6.37. The Morgan fingerprint density at radius 2 is 1.94 bits per heavy atom. The Hall–Kier alpha value is -1.39. The number of carbonyl (C=O) groups excluding carboxylic acids is 1. The number of phenolic OH excluding ortho intramolecular Hbond substituents is 1. The number of ketones is 1. The third kappa shape index (κ3) is 4.97. The van der Waals surface area contributed by atoms with Gasteiger partial charge in [-0.3, -0.25) is 9.69 Å². The molecule has 0 saturated carbocycles. The van der Waals surface area contributed by atoms with Crippen LogP contribution in [0.1, 0.15) is 23.7 Å². The molecular formula is C13H19NO3. The van der Waals surface area contributed by atoms with E-state index < -0.39 is 0 Å². The van der Waals surface area contributed by atoms with Crippen molar-refractivity contribution in [1.82, 2.24) is 4.90 Å². The van der Waals surface area contributed by atoms with Gasteiger partial charge in [0.15, 0.2) is 5.78 Å². The van der Waals surface area contributed by atoms with Crippen molar-refractivity contribution in [2.75, 3.05) is 20.1 Å². The topological polar surface area (TPSA) is 60.8 Å². The van der Waals surface area contributed by atoms with E-state index >= 15 is 0 Å². The summed E-state index contributed by atoms with van der Waals surface area (Å²) in [7, 11) is 1.85. The zero-order chi connectivity index (χ0) is 12.8. The van der Waals surface area contributed by atoms with E-state index in [4.69, 9.17) is 10.2 Å². The van der Waals surface area contributed by atoms with Crippen molar-refractivity contribution in [3.05, 3.63) is 29.8 Å². The van der Waals surface area contributed by atoms with Crippen molar-refractivity contribution in [2.24, 2.45) is 0 Å². The number of hydrogen-bond donors (Lipinski definition) is 2. The zero-order valence-electron chi connectivity index (χ0n) is 10.3. The van der Waals surface area contributed by atoms with E-state index in [9.17, 15) is 4.79 Å². The minimum absolute atomic E-state index is 0.0121. The summed E-state index contributed by atoms with van der Waals surface area (Å²) in [5.41, 5.74) is 0.590. The minimum Gasteiger partial charge on any atom is -0.508 e. The molecule has 0 radical (unpaired) electrons. The van der Waals surface area contributed by atoms with Crippen LogP contribution >= 0.6 is 0 Å². The first-order valence-electron chi connectivity index (χ1n) is 5.68. The summed E-state index contributed by atoms with van der Waals surface area (Å²) in [5.74, 6) is 0.169. The molecule has 94 valence electrons. The van der Waals surface area contributed by atoms with Gasteiger partial charge in [0.1, 0.15) is 5.75 Å². The number of phenols is 1. The molecule has 1 unspecified atom stereocenters. The van der Waals surface area contributed by atoms with E-state index in [-0.39, 0.29) is 17.6 Å². The highest BCUT2D eigenvalue weighted by molar-refractivity contribution is 5.97. The molecule has 1 aromatic carbocycles. The number of Topliss-reactive ketones (excluding diaryl/α,β-unsaturated/α-hetero) is 1. The van der Waals surface area contributed by atoms with Crippen LogP contribution in [0.4, 0.5) is 0 Å². The maximum Gasteiger partial charge on any atom is 0.176 e. The average Bonchev–Trinajstić information content (AvgIpc) is 2.27. The number of benzene rings is 1. The Labute approximate surface area is 101 Å².